The molecule has 0 radical (unpaired) electrons. The van der Waals surface area contributed by atoms with Gasteiger partial charge in [0.2, 0.25) is 0 Å². The zero-order valence-electron chi connectivity index (χ0n) is 10.6. The molecule has 0 aliphatic heterocycles. The summed E-state index contributed by atoms with van der Waals surface area (Å²) in [6.07, 6.45) is -0.244. The summed E-state index contributed by atoms with van der Waals surface area (Å²) in [6, 6.07) is 6.23. The van der Waals surface area contributed by atoms with E-state index < -0.39 is 6.36 Å². The molecule has 2 rings (SSSR count). The van der Waals surface area contributed by atoms with Gasteiger partial charge in [0.1, 0.15) is 5.75 Å². The highest BCUT2D eigenvalue weighted by molar-refractivity contribution is 8.00. The average Bonchev–Trinajstić information content (AvgIpc) is 3.10. The zero-order chi connectivity index (χ0) is 13.9. The Labute approximate surface area is 114 Å². The molecule has 2 nitrogen and oxygen atoms in total. The van der Waals surface area contributed by atoms with E-state index in [2.05, 4.69) is 16.3 Å². The fourth-order valence-corrected chi connectivity index (χ4v) is 2.65. The third-order valence-corrected chi connectivity index (χ3v) is 4.62. The van der Waals surface area contributed by atoms with Crippen LogP contribution < -0.4 is 10.1 Å². The van der Waals surface area contributed by atoms with Crippen LogP contribution in [0.15, 0.2) is 24.3 Å². The van der Waals surface area contributed by atoms with E-state index in [1.807, 2.05) is 11.8 Å². The number of alkyl halides is 3. The van der Waals surface area contributed by atoms with Gasteiger partial charge in [-0.05, 0) is 25.2 Å². The molecular weight excluding hydrogens is 275 g/mol. The predicted molar refractivity (Wildman–Crippen MR) is 70.3 cm³/mol. The molecule has 0 heterocycles. The summed E-state index contributed by atoms with van der Waals surface area (Å²) in [5.74, 6) is -0.128. The second-order valence-electron chi connectivity index (χ2n) is 4.65. The first-order valence-electron chi connectivity index (χ1n) is 6.04. The van der Waals surface area contributed by atoms with Crippen LogP contribution in [-0.4, -0.2) is 23.9 Å². The van der Waals surface area contributed by atoms with E-state index in [1.165, 1.54) is 25.0 Å². The number of hydrogen-bond donors (Lipinski definition) is 1. The number of ether oxygens (including phenoxy) is 1. The van der Waals surface area contributed by atoms with Crippen molar-refractivity contribution in [1.29, 1.82) is 0 Å². The van der Waals surface area contributed by atoms with E-state index in [1.54, 1.807) is 12.1 Å². The highest BCUT2D eigenvalue weighted by Crippen LogP contribution is 2.46. The molecule has 0 unspecified atom stereocenters. The maximum absolute atomic E-state index is 12.3. The van der Waals surface area contributed by atoms with Crippen LogP contribution in [0.5, 0.6) is 5.75 Å². The largest absolute Gasteiger partial charge is 0.573 e. The number of hydrogen-bond acceptors (Lipinski definition) is 3. The Balaban J connectivity index is 1.92. The summed E-state index contributed by atoms with van der Waals surface area (Å²) in [5.41, 5.74) is 0.525. The first-order chi connectivity index (χ1) is 8.94. The monoisotopic (exact) mass is 291 g/mol. The zero-order valence-corrected chi connectivity index (χ0v) is 11.4. The minimum atomic E-state index is -4.65. The molecule has 1 N–H and O–H groups in total. The summed E-state index contributed by atoms with van der Waals surface area (Å²) in [4.78, 5) is 0. The Morgan fingerprint density at radius 2 is 2.00 bits per heavy atom. The molecule has 1 fully saturated rings. The van der Waals surface area contributed by atoms with Gasteiger partial charge < -0.3 is 10.1 Å². The third-order valence-electron chi connectivity index (χ3n) is 3.20. The van der Waals surface area contributed by atoms with Gasteiger partial charge in [0.15, 0.2) is 0 Å². The summed E-state index contributed by atoms with van der Waals surface area (Å²) in [7, 11) is 0. The Kier molecular flexibility index (Phi) is 4.30. The van der Waals surface area contributed by atoms with Crippen LogP contribution in [0.3, 0.4) is 0 Å². The number of para-hydroxylation sites is 1. The first-order valence-corrected chi connectivity index (χ1v) is 7.26. The summed E-state index contributed by atoms with van der Waals surface area (Å²) >= 11 is 1.81. The van der Waals surface area contributed by atoms with Crippen molar-refractivity contribution in [2.24, 2.45) is 0 Å². The van der Waals surface area contributed by atoms with Gasteiger partial charge >= 0.3 is 6.36 Å². The Morgan fingerprint density at radius 1 is 1.32 bits per heavy atom. The van der Waals surface area contributed by atoms with Gasteiger partial charge in [-0.2, -0.15) is 11.8 Å². The second kappa shape index (κ2) is 5.63. The van der Waals surface area contributed by atoms with Gasteiger partial charge in [-0.3, -0.25) is 0 Å². The standard InChI is InChI=1S/C13H16F3NOS/c1-19-12(6-7-12)9-17-8-10-4-2-3-5-11(10)18-13(14,15)16/h2-5,17H,6-9H2,1H3. The van der Waals surface area contributed by atoms with Crippen molar-refractivity contribution in [1.82, 2.24) is 5.32 Å². The average molecular weight is 291 g/mol. The maximum Gasteiger partial charge on any atom is 0.573 e. The molecule has 0 amide bonds. The molecule has 1 aliphatic rings. The molecule has 1 aromatic carbocycles. The lowest BCUT2D eigenvalue weighted by molar-refractivity contribution is -0.274. The summed E-state index contributed by atoms with van der Waals surface area (Å²) in [6.45, 7) is 1.20. The predicted octanol–water partition coefficient (Wildman–Crippen LogP) is 3.57. The van der Waals surface area contributed by atoms with Crippen LogP contribution in [0.2, 0.25) is 0 Å². The molecule has 19 heavy (non-hydrogen) atoms. The fourth-order valence-electron chi connectivity index (χ4n) is 1.89. The third kappa shape index (κ3) is 4.31. The molecule has 106 valence electrons. The lowest BCUT2D eigenvalue weighted by atomic mass is 10.2. The van der Waals surface area contributed by atoms with Crippen molar-refractivity contribution < 1.29 is 17.9 Å². The smallest absolute Gasteiger partial charge is 0.405 e. The Hall–Kier alpha value is -0.880. The Bertz CT molecular complexity index is 432. The molecule has 1 aromatic rings. The molecule has 1 saturated carbocycles. The first kappa shape index (κ1) is 14.5. The van der Waals surface area contributed by atoms with Gasteiger partial charge in [0.05, 0.1) is 0 Å². The molecule has 0 bridgehead atoms. The van der Waals surface area contributed by atoms with E-state index in [4.69, 9.17) is 0 Å². The lowest BCUT2D eigenvalue weighted by Gasteiger charge is -2.16. The van der Waals surface area contributed by atoms with E-state index in [9.17, 15) is 13.2 Å². The van der Waals surface area contributed by atoms with E-state index in [-0.39, 0.29) is 5.75 Å². The van der Waals surface area contributed by atoms with E-state index in [0.29, 0.717) is 16.9 Å². The van der Waals surface area contributed by atoms with Crippen LogP contribution in [0.4, 0.5) is 13.2 Å². The van der Waals surface area contributed by atoms with Crippen LogP contribution in [0, 0.1) is 0 Å². The minimum absolute atomic E-state index is 0.128. The molecule has 0 spiro atoms. The molecule has 6 heteroatoms. The fraction of sp³-hybridized carbons (Fsp3) is 0.538. The minimum Gasteiger partial charge on any atom is -0.405 e. The summed E-state index contributed by atoms with van der Waals surface area (Å²) < 4.78 is 41.1. The van der Waals surface area contributed by atoms with Crippen LogP contribution in [-0.2, 0) is 6.54 Å². The second-order valence-corrected chi connectivity index (χ2v) is 5.92. The van der Waals surface area contributed by atoms with Crippen LogP contribution in [0.1, 0.15) is 18.4 Å². The highest BCUT2D eigenvalue weighted by atomic mass is 32.2. The number of nitrogens with one attached hydrogen (secondary N) is 1. The van der Waals surface area contributed by atoms with Crippen molar-refractivity contribution in [3.63, 3.8) is 0 Å². The van der Waals surface area contributed by atoms with Crippen molar-refractivity contribution in [3.05, 3.63) is 29.8 Å². The van der Waals surface area contributed by atoms with Crippen LogP contribution >= 0.6 is 11.8 Å². The molecular formula is C13H16F3NOS. The van der Waals surface area contributed by atoms with Crippen molar-refractivity contribution >= 4 is 11.8 Å². The highest BCUT2D eigenvalue weighted by Gasteiger charge is 2.41. The molecule has 0 aromatic heterocycles. The van der Waals surface area contributed by atoms with Gasteiger partial charge in [-0.15, -0.1) is 13.2 Å². The van der Waals surface area contributed by atoms with E-state index in [0.717, 1.165) is 6.54 Å². The van der Waals surface area contributed by atoms with Crippen molar-refractivity contribution in [3.8, 4) is 5.75 Å². The van der Waals surface area contributed by atoms with Crippen molar-refractivity contribution in [2.45, 2.75) is 30.5 Å². The number of thioether (sulfide) groups is 1. The van der Waals surface area contributed by atoms with E-state index >= 15 is 0 Å². The normalized spacial score (nSPS) is 17.3. The van der Waals surface area contributed by atoms with Gasteiger partial charge in [0.25, 0.3) is 0 Å². The number of halogens is 3. The topological polar surface area (TPSA) is 21.3 Å². The Morgan fingerprint density at radius 3 is 2.58 bits per heavy atom. The molecule has 0 saturated heterocycles. The van der Waals surface area contributed by atoms with Gasteiger partial charge in [-0.25, -0.2) is 0 Å². The van der Waals surface area contributed by atoms with Crippen LogP contribution in [0.25, 0.3) is 0 Å². The number of benzene rings is 1. The quantitative estimate of drug-likeness (QED) is 0.865. The van der Waals surface area contributed by atoms with Gasteiger partial charge in [0, 0.05) is 23.4 Å². The van der Waals surface area contributed by atoms with Gasteiger partial charge in [-0.1, -0.05) is 18.2 Å². The summed E-state index contributed by atoms with van der Waals surface area (Å²) in [5, 5.41) is 3.21. The maximum atomic E-state index is 12.3. The molecule has 0 atom stereocenters. The van der Waals surface area contributed by atoms with Crippen molar-refractivity contribution in [2.75, 3.05) is 12.8 Å². The number of rotatable bonds is 6. The molecule has 1 aliphatic carbocycles. The lowest BCUT2D eigenvalue weighted by Crippen LogP contribution is -2.26. The SMILES string of the molecule is CSC1(CNCc2ccccc2OC(F)(F)F)CC1.